The monoisotopic (exact) mass is 297 g/mol. The Labute approximate surface area is 132 Å². The second-order valence-corrected chi connectivity index (χ2v) is 6.79. The van der Waals surface area contributed by atoms with Gasteiger partial charge in [0.15, 0.2) is 0 Å². The molecule has 0 bridgehead atoms. The van der Waals surface area contributed by atoms with Crippen LogP contribution in [0.3, 0.4) is 0 Å². The summed E-state index contributed by atoms with van der Waals surface area (Å²) >= 11 is 2.01. The zero-order chi connectivity index (χ0) is 14.5. The van der Waals surface area contributed by atoms with Gasteiger partial charge in [-0.15, -0.1) is 11.8 Å². The van der Waals surface area contributed by atoms with Gasteiger partial charge < -0.3 is 5.32 Å². The molecule has 0 radical (unpaired) electrons. The average Bonchev–Trinajstić information content (AvgIpc) is 2.97. The van der Waals surface area contributed by atoms with Crippen LogP contribution in [0, 0.1) is 0 Å². The first-order valence-corrected chi connectivity index (χ1v) is 8.80. The zero-order valence-electron chi connectivity index (χ0n) is 12.6. The number of likely N-dealkylation sites (N-methyl/N-ethyl adjacent to an activating group) is 1. The molecule has 0 spiro atoms. The number of nitrogens with one attached hydrogen (secondary N) is 1. The summed E-state index contributed by atoms with van der Waals surface area (Å²) in [5, 5.41) is 3.56. The minimum atomic E-state index is 0.588. The summed E-state index contributed by atoms with van der Waals surface area (Å²) < 4.78 is 0. The minimum Gasteiger partial charge on any atom is -0.316 e. The Kier molecular flexibility index (Phi) is 5.00. The normalized spacial score (nSPS) is 18.4. The molecule has 0 saturated heterocycles. The Balaban J connectivity index is 1.59. The van der Waals surface area contributed by atoms with Crippen molar-refractivity contribution >= 4 is 11.8 Å². The highest BCUT2D eigenvalue weighted by atomic mass is 32.2. The van der Waals surface area contributed by atoms with Gasteiger partial charge in [0.25, 0.3) is 0 Å². The first-order chi connectivity index (χ1) is 10.4. The Hall–Kier alpha value is -1.25. The quantitative estimate of drug-likeness (QED) is 0.843. The summed E-state index contributed by atoms with van der Waals surface area (Å²) in [6.45, 7) is 0. The van der Waals surface area contributed by atoms with Crippen molar-refractivity contribution in [2.75, 3.05) is 12.8 Å². The molecule has 3 rings (SSSR count). The fraction of sp³-hybridized carbons (Fsp3) is 0.368. The van der Waals surface area contributed by atoms with E-state index in [1.807, 2.05) is 11.8 Å². The lowest BCUT2D eigenvalue weighted by Crippen LogP contribution is -2.32. The topological polar surface area (TPSA) is 12.0 Å². The molecule has 1 heterocycles. The Morgan fingerprint density at radius 2 is 1.86 bits per heavy atom. The van der Waals surface area contributed by atoms with Gasteiger partial charge in [0.1, 0.15) is 0 Å². The molecule has 2 aromatic rings. The molecule has 0 aliphatic carbocycles. The third kappa shape index (κ3) is 3.50. The van der Waals surface area contributed by atoms with Crippen LogP contribution in [0.2, 0.25) is 0 Å². The van der Waals surface area contributed by atoms with E-state index in [2.05, 4.69) is 67.0 Å². The summed E-state index contributed by atoms with van der Waals surface area (Å²) in [5.41, 5.74) is 3.00. The van der Waals surface area contributed by atoms with E-state index in [4.69, 9.17) is 0 Å². The van der Waals surface area contributed by atoms with Crippen molar-refractivity contribution in [1.29, 1.82) is 0 Å². The Morgan fingerprint density at radius 3 is 2.67 bits per heavy atom. The van der Waals surface area contributed by atoms with E-state index in [1.54, 1.807) is 5.56 Å². The molecule has 2 aromatic carbocycles. The SMILES string of the molecule is CNC(CCCc1ccccc1)C1CSc2ccccc21. The lowest BCUT2D eigenvalue weighted by molar-refractivity contribution is 0.448. The maximum Gasteiger partial charge on any atom is 0.0141 e. The fourth-order valence-corrected chi connectivity index (χ4v) is 4.57. The third-order valence-electron chi connectivity index (χ3n) is 4.42. The van der Waals surface area contributed by atoms with Gasteiger partial charge in [-0.3, -0.25) is 0 Å². The molecule has 1 aliphatic heterocycles. The molecule has 0 saturated carbocycles. The second kappa shape index (κ2) is 7.15. The van der Waals surface area contributed by atoms with Crippen LogP contribution in [-0.2, 0) is 6.42 Å². The molecule has 110 valence electrons. The molecule has 0 amide bonds. The summed E-state index contributed by atoms with van der Waals surface area (Å²) in [4.78, 5) is 1.48. The van der Waals surface area contributed by atoms with Gasteiger partial charge in [-0.1, -0.05) is 48.5 Å². The summed E-state index contributed by atoms with van der Waals surface area (Å²) in [7, 11) is 2.11. The predicted octanol–water partition coefficient (Wildman–Crippen LogP) is 4.49. The largest absolute Gasteiger partial charge is 0.316 e. The van der Waals surface area contributed by atoms with Gasteiger partial charge in [-0.25, -0.2) is 0 Å². The van der Waals surface area contributed by atoms with E-state index < -0.39 is 0 Å². The second-order valence-electron chi connectivity index (χ2n) is 5.73. The summed E-state index contributed by atoms with van der Waals surface area (Å²) in [6, 6.07) is 20.3. The predicted molar refractivity (Wildman–Crippen MR) is 92.1 cm³/mol. The van der Waals surface area contributed by atoms with Crippen molar-refractivity contribution in [3.63, 3.8) is 0 Å². The maximum absolute atomic E-state index is 3.56. The highest BCUT2D eigenvalue weighted by molar-refractivity contribution is 7.99. The number of hydrogen-bond donors (Lipinski definition) is 1. The third-order valence-corrected chi connectivity index (χ3v) is 5.63. The lowest BCUT2D eigenvalue weighted by Gasteiger charge is -2.23. The smallest absolute Gasteiger partial charge is 0.0141 e. The van der Waals surface area contributed by atoms with Gasteiger partial charge in [0.2, 0.25) is 0 Å². The van der Waals surface area contributed by atoms with Crippen LogP contribution in [0.5, 0.6) is 0 Å². The van der Waals surface area contributed by atoms with Crippen molar-refractivity contribution in [3.05, 3.63) is 65.7 Å². The molecule has 1 N–H and O–H groups in total. The molecule has 2 atom stereocenters. The van der Waals surface area contributed by atoms with Gasteiger partial charge in [-0.2, -0.15) is 0 Å². The van der Waals surface area contributed by atoms with Gasteiger partial charge in [-0.05, 0) is 43.5 Å². The molecular weight excluding hydrogens is 274 g/mol. The van der Waals surface area contributed by atoms with Crippen LogP contribution < -0.4 is 5.32 Å². The Bertz CT molecular complexity index is 567. The summed E-state index contributed by atoms with van der Waals surface area (Å²) in [6.07, 6.45) is 3.67. The van der Waals surface area contributed by atoms with Gasteiger partial charge in [0.05, 0.1) is 0 Å². The van der Waals surface area contributed by atoms with Crippen LogP contribution >= 0.6 is 11.8 Å². The first-order valence-electron chi connectivity index (χ1n) is 7.81. The molecule has 21 heavy (non-hydrogen) atoms. The van der Waals surface area contributed by atoms with Crippen LogP contribution in [0.1, 0.15) is 29.9 Å². The molecule has 2 unspecified atom stereocenters. The Morgan fingerprint density at radius 1 is 1.10 bits per heavy atom. The molecule has 1 aliphatic rings. The number of benzene rings is 2. The van der Waals surface area contributed by atoms with E-state index >= 15 is 0 Å². The van der Waals surface area contributed by atoms with Crippen molar-refractivity contribution < 1.29 is 0 Å². The maximum atomic E-state index is 3.56. The van der Waals surface area contributed by atoms with E-state index in [1.165, 1.54) is 35.5 Å². The molecular formula is C19H23NS. The van der Waals surface area contributed by atoms with E-state index in [-0.39, 0.29) is 0 Å². The molecule has 1 nitrogen and oxygen atoms in total. The number of rotatable bonds is 6. The number of thioether (sulfide) groups is 1. The minimum absolute atomic E-state index is 0.588. The zero-order valence-corrected chi connectivity index (χ0v) is 13.4. The lowest BCUT2D eigenvalue weighted by atomic mass is 9.89. The molecule has 2 heteroatoms. The van der Waals surface area contributed by atoms with Crippen molar-refractivity contribution in [3.8, 4) is 0 Å². The number of fused-ring (bicyclic) bond motifs is 1. The van der Waals surface area contributed by atoms with E-state index in [0.717, 1.165) is 0 Å². The van der Waals surface area contributed by atoms with E-state index in [0.29, 0.717) is 12.0 Å². The van der Waals surface area contributed by atoms with Crippen molar-refractivity contribution in [2.24, 2.45) is 0 Å². The highest BCUT2D eigenvalue weighted by Gasteiger charge is 2.28. The van der Waals surface area contributed by atoms with Crippen molar-refractivity contribution in [2.45, 2.75) is 36.1 Å². The standard InChI is InChI=1S/C19H23NS/c1-20-18(12-7-10-15-8-3-2-4-9-15)17-14-21-19-13-6-5-11-16(17)19/h2-6,8-9,11,13,17-18,20H,7,10,12,14H2,1H3. The van der Waals surface area contributed by atoms with E-state index in [9.17, 15) is 0 Å². The summed E-state index contributed by atoms with van der Waals surface area (Å²) in [5.74, 6) is 1.88. The van der Waals surface area contributed by atoms with Crippen LogP contribution in [0.4, 0.5) is 0 Å². The van der Waals surface area contributed by atoms with Crippen molar-refractivity contribution in [1.82, 2.24) is 5.32 Å². The molecule has 0 fully saturated rings. The van der Waals surface area contributed by atoms with Crippen LogP contribution in [0.15, 0.2) is 59.5 Å². The number of hydrogen-bond acceptors (Lipinski definition) is 2. The van der Waals surface area contributed by atoms with Gasteiger partial charge in [0, 0.05) is 22.6 Å². The first kappa shape index (κ1) is 14.7. The fourth-order valence-electron chi connectivity index (χ4n) is 3.24. The number of aryl methyl sites for hydroxylation is 1. The average molecular weight is 297 g/mol. The van der Waals surface area contributed by atoms with Crippen LogP contribution in [0.25, 0.3) is 0 Å². The van der Waals surface area contributed by atoms with Crippen LogP contribution in [-0.4, -0.2) is 18.8 Å². The molecule has 0 aromatic heterocycles. The van der Waals surface area contributed by atoms with Gasteiger partial charge >= 0.3 is 0 Å². The highest BCUT2D eigenvalue weighted by Crippen LogP contribution is 2.41.